The van der Waals surface area contributed by atoms with Gasteiger partial charge in [-0.1, -0.05) is 6.07 Å². The summed E-state index contributed by atoms with van der Waals surface area (Å²) in [4.78, 5) is 14.8. The van der Waals surface area contributed by atoms with Crippen molar-refractivity contribution < 1.29 is 13.6 Å². The van der Waals surface area contributed by atoms with Gasteiger partial charge < -0.3 is 15.6 Å². The number of hydrogen-bond acceptors (Lipinski definition) is 4. The minimum Gasteiger partial charge on any atom is -0.313 e. The van der Waals surface area contributed by atoms with Crippen molar-refractivity contribution in [2.75, 3.05) is 25.0 Å². The molecule has 1 aliphatic carbocycles. The minimum absolute atomic E-state index is 0.0536. The zero-order valence-corrected chi connectivity index (χ0v) is 17.8. The number of nitrogens with one attached hydrogen (secondary N) is 2. The first-order valence-corrected chi connectivity index (χ1v) is 10.9. The number of anilines is 1. The third kappa shape index (κ3) is 4.77. The summed E-state index contributed by atoms with van der Waals surface area (Å²) in [5.41, 5.74) is 9.03. The fourth-order valence-corrected chi connectivity index (χ4v) is 4.42. The van der Waals surface area contributed by atoms with Crippen LogP contribution in [0.3, 0.4) is 0 Å². The lowest BCUT2D eigenvalue weighted by molar-refractivity contribution is -0.117. The van der Waals surface area contributed by atoms with Gasteiger partial charge in [0, 0.05) is 25.7 Å². The number of carbonyl (C=O) groups excluding carboxylic acids is 1. The Morgan fingerprint density at radius 3 is 2.58 bits per heavy atom. The molecule has 0 fully saturated rings. The third-order valence-corrected chi connectivity index (χ3v) is 5.98. The van der Waals surface area contributed by atoms with Gasteiger partial charge in [-0.25, -0.2) is 8.78 Å². The van der Waals surface area contributed by atoms with Gasteiger partial charge in [-0.15, -0.1) is 0 Å². The molecule has 0 saturated carbocycles. The lowest BCUT2D eigenvalue weighted by Crippen LogP contribution is -2.40. The summed E-state index contributed by atoms with van der Waals surface area (Å²) in [6.07, 6.45) is 5.57. The van der Waals surface area contributed by atoms with Crippen LogP contribution in [0.2, 0.25) is 0 Å². The molecule has 164 valence electrons. The number of nitrogens with zero attached hydrogens (tertiary/aromatic N) is 2. The number of rotatable bonds is 7. The first kappa shape index (κ1) is 21.4. The van der Waals surface area contributed by atoms with Crippen LogP contribution >= 0.6 is 0 Å². The summed E-state index contributed by atoms with van der Waals surface area (Å²) in [6.45, 7) is 1.72. The van der Waals surface area contributed by atoms with Gasteiger partial charge in [-0.05, 0) is 79.6 Å². The molecule has 1 heterocycles. The molecule has 2 aliphatic rings. The van der Waals surface area contributed by atoms with Gasteiger partial charge in [0.25, 0.3) is 0 Å². The molecule has 31 heavy (non-hydrogen) atoms. The zero-order chi connectivity index (χ0) is 21.8. The van der Waals surface area contributed by atoms with Gasteiger partial charge >= 0.3 is 0 Å². The second kappa shape index (κ2) is 9.56. The van der Waals surface area contributed by atoms with Crippen molar-refractivity contribution in [1.29, 1.82) is 0 Å². The summed E-state index contributed by atoms with van der Waals surface area (Å²) in [6, 6.07) is 8.32. The molecule has 0 bridgehead atoms. The summed E-state index contributed by atoms with van der Waals surface area (Å²) >= 11 is 0. The van der Waals surface area contributed by atoms with E-state index in [9.17, 15) is 13.6 Å². The fourth-order valence-electron chi connectivity index (χ4n) is 4.42. The van der Waals surface area contributed by atoms with E-state index < -0.39 is 11.6 Å². The van der Waals surface area contributed by atoms with Gasteiger partial charge in [0.05, 0.1) is 17.8 Å². The Balaban J connectivity index is 1.43. The standard InChI is InChI=1S/C24H28F2N4O/c1-27-29-22-14-24(31)30(23-13-18-6-3-2-5-17(18)12-19(22)23)10-4-9-28-15-16-7-8-20(25)21(26)11-16/h7-8,11-13,27-28H,2-6,9-10,14-15H2,1H3/b29-22+. The van der Waals surface area contributed by atoms with Gasteiger partial charge in [0.15, 0.2) is 11.6 Å². The number of halogens is 2. The Bertz CT molecular complexity index is 1010. The van der Waals surface area contributed by atoms with E-state index in [1.165, 1.54) is 30.0 Å². The van der Waals surface area contributed by atoms with Gasteiger partial charge in [0.2, 0.25) is 5.91 Å². The Morgan fingerprint density at radius 2 is 1.84 bits per heavy atom. The molecule has 0 spiro atoms. The molecule has 2 aromatic carbocycles. The Hall–Kier alpha value is -2.80. The first-order valence-electron chi connectivity index (χ1n) is 10.9. The quantitative estimate of drug-likeness (QED) is 0.525. The average Bonchev–Trinajstić information content (AvgIpc) is 2.77. The SMILES string of the molecule is CN/N=C1\CC(=O)N(CCCNCc2ccc(F)c(F)c2)c2cc3c(cc21)CCCC3. The van der Waals surface area contributed by atoms with Crippen molar-refractivity contribution in [2.45, 2.75) is 45.1 Å². The molecule has 2 N–H and O–H groups in total. The van der Waals surface area contributed by atoms with E-state index in [-0.39, 0.29) is 12.3 Å². The van der Waals surface area contributed by atoms with E-state index in [1.807, 2.05) is 4.90 Å². The van der Waals surface area contributed by atoms with Crippen LogP contribution in [0.25, 0.3) is 0 Å². The summed E-state index contributed by atoms with van der Waals surface area (Å²) < 4.78 is 26.4. The molecular weight excluding hydrogens is 398 g/mol. The van der Waals surface area contributed by atoms with Crippen LogP contribution in [0.5, 0.6) is 0 Å². The Morgan fingerprint density at radius 1 is 1.06 bits per heavy atom. The van der Waals surface area contributed by atoms with Crippen molar-refractivity contribution in [2.24, 2.45) is 5.10 Å². The van der Waals surface area contributed by atoms with Crippen molar-refractivity contribution in [1.82, 2.24) is 10.7 Å². The summed E-state index contributed by atoms with van der Waals surface area (Å²) in [5.74, 6) is -1.62. The van der Waals surface area contributed by atoms with E-state index in [0.29, 0.717) is 25.2 Å². The highest BCUT2D eigenvalue weighted by Gasteiger charge is 2.30. The molecule has 0 radical (unpaired) electrons. The van der Waals surface area contributed by atoms with Gasteiger partial charge in [-0.2, -0.15) is 5.10 Å². The third-order valence-electron chi connectivity index (χ3n) is 5.98. The van der Waals surface area contributed by atoms with Crippen molar-refractivity contribution in [3.8, 4) is 0 Å². The van der Waals surface area contributed by atoms with E-state index in [1.54, 1.807) is 13.1 Å². The molecule has 1 aliphatic heterocycles. The number of hydrazone groups is 1. The van der Waals surface area contributed by atoms with E-state index in [0.717, 1.165) is 42.3 Å². The number of hydrogen-bond donors (Lipinski definition) is 2. The number of benzene rings is 2. The number of carbonyl (C=O) groups is 1. The molecule has 1 amide bonds. The largest absolute Gasteiger partial charge is 0.313 e. The second-order valence-corrected chi connectivity index (χ2v) is 8.13. The molecular formula is C24H28F2N4O. The molecule has 7 heteroatoms. The maximum atomic E-state index is 13.3. The maximum Gasteiger partial charge on any atom is 0.233 e. The fraction of sp³-hybridized carbons (Fsp3) is 0.417. The lowest BCUT2D eigenvalue weighted by Gasteiger charge is -2.32. The Labute approximate surface area is 181 Å². The first-order chi connectivity index (χ1) is 15.1. The van der Waals surface area contributed by atoms with Crippen LogP contribution in [0, 0.1) is 11.6 Å². The zero-order valence-electron chi connectivity index (χ0n) is 17.8. The Kier molecular flexibility index (Phi) is 6.61. The van der Waals surface area contributed by atoms with E-state index in [4.69, 9.17) is 0 Å². The maximum absolute atomic E-state index is 13.3. The highest BCUT2D eigenvalue weighted by Crippen LogP contribution is 2.34. The lowest BCUT2D eigenvalue weighted by atomic mass is 9.86. The van der Waals surface area contributed by atoms with Crippen LogP contribution in [0.4, 0.5) is 14.5 Å². The molecule has 4 rings (SSSR count). The smallest absolute Gasteiger partial charge is 0.233 e. The van der Waals surface area contributed by atoms with Gasteiger partial charge in [0.1, 0.15) is 0 Å². The summed E-state index contributed by atoms with van der Waals surface area (Å²) in [7, 11) is 1.75. The average molecular weight is 427 g/mol. The number of amides is 1. The molecule has 0 aromatic heterocycles. The molecule has 5 nitrogen and oxygen atoms in total. The molecule has 0 saturated heterocycles. The van der Waals surface area contributed by atoms with Gasteiger partial charge in [-0.3, -0.25) is 4.79 Å². The van der Waals surface area contributed by atoms with E-state index in [2.05, 4.69) is 28.0 Å². The predicted octanol–water partition coefficient (Wildman–Crippen LogP) is 3.68. The minimum atomic E-state index is -0.839. The highest BCUT2D eigenvalue weighted by molar-refractivity contribution is 6.21. The van der Waals surface area contributed by atoms with Crippen molar-refractivity contribution in [3.05, 3.63) is 64.2 Å². The number of fused-ring (bicyclic) bond motifs is 2. The van der Waals surface area contributed by atoms with Crippen LogP contribution in [-0.4, -0.2) is 31.8 Å². The van der Waals surface area contributed by atoms with Crippen molar-refractivity contribution in [3.63, 3.8) is 0 Å². The van der Waals surface area contributed by atoms with Crippen LogP contribution in [-0.2, 0) is 24.2 Å². The molecule has 0 unspecified atom stereocenters. The highest BCUT2D eigenvalue weighted by atomic mass is 19.2. The summed E-state index contributed by atoms with van der Waals surface area (Å²) in [5, 5.41) is 7.61. The normalized spacial score (nSPS) is 16.9. The molecule has 2 aromatic rings. The van der Waals surface area contributed by atoms with Crippen LogP contribution in [0.15, 0.2) is 35.4 Å². The molecule has 0 atom stereocenters. The topological polar surface area (TPSA) is 56.7 Å². The number of aryl methyl sites for hydroxylation is 2. The van der Waals surface area contributed by atoms with Crippen LogP contribution < -0.4 is 15.6 Å². The van der Waals surface area contributed by atoms with Crippen LogP contribution in [0.1, 0.15) is 47.9 Å². The van der Waals surface area contributed by atoms with E-state index >= 15 is 0 Å². The second-order valence-electron chi connectivity index (χ2n) is 8.13. The van der Waals surface area contributed by atoms with Crippen molar-refractivity contribution >= 4 is 17.3 Å². The predicted molar refractivity (Wildman–Crippen MR) is 118 cm³/mol. The monoisotopic (exact) mass is 426 g/mol.